The fraction of sp³-hybridized carbons (Fsp3) is 0.500. The average Bonchev–Trinajstić information content (AvgIpc) is 2.94. The highest BCUT2D eigenvalue weighted by Crippen LogP contribution is 2.18. The minimum atomic E-state index is -1.11. The molecule has 2 rings (SSSR count). The SMILES string of the molecule is O=C(O)[C@@H]1C[C@@H](O)CN1C(=O)NCc1cn[nH]c1. The Morgan fingerprint density at radius 3 is 3.00 bits per heavy atom. The van der Waals surface area contributed by atoms with Crippen molar-refractivity contribution in [3.8, 4) is 0 Å². The Morgan fingerprint density at radius 1 is 1.61 bits per heavy atom. The first kappa shape index (κ1) is 12.4. The van der Waals surface area contributed by atoms with E-state index in [1.807, 2.05) is 0 Å². The summed E-state index contributed by atoms with van der Waals surface area (Å²) in [4.78, 5) is 23.9. The van der Waals surface area contributed by atoms with E-state index in [2.05, 4.69) is 15.5 Å². The molecule has 2 heterocycles. The number of β-amino-alcohol motifs (C(OH)–C–C–N with tert-alkyl or cyclic N) is 1. The number of carboxylic acids is 1. The third kappa shape index (κ3) is 2.59. The van der Waals surface area contributed by atoms with Gasteiger partial charge in [0.15, 0.2) is 0 Å². The van der Waals surface area contributed by atoms with Crippen molar-refractivity contribution in [3.05, 3.63) is 18.0 Å². The molecular weight excluding hydrogens is 240 g/mol. The molecule has 98 valence electrons. The Balaban J connectivity index is 1.93. The van der Waals surface area contributed by atoms with Crippen LogP contribution in [0.3, 0.4) is 0 Å². The maximum absolute atomic E-state index is 11.8. The lowest BCUT2D eigenvalue weighted by Gasteiger charge is -2.21. The number of rotatable bonds is 3. The van der Waals surface area contributed by atoms with Crippen LogP contribution in [0.2, 0.25) is 0 Å². The van der Waals surface area contributed by atoms with E-state index < -0.39 is 24.1 Å². The van der Waals surface area contributed by atoms with Gasteiger partial charge in [-0.15, -0.1) is 0 Å². The van der Waals surface area contributed by atoms with Gasteiger partial charge in [-0.05, 0) is 0 Å². The molecule has 1 aromatic rings. The van der Waals surface area contributed by atoms with Crippen LogP contribution in [0.4, 0.5) is 4.79 Å². The first-order chi connectivity index (χ1) is 8.58. The van der Waals surface area contributed by atoms with Crippen LogP contribution in [0.15, 0.2) is 12.4 Å². The van der Waals surface area contributed by atoms with Crippen LogP contribution in [0, 0.1) is 0 Å². The standard InChI is InChI=1S/C10H14N4O4/c15-7-1-8(9(16)17)14(5-7)10(18)11-2-6-3-12-13-4-6/h3-4,7-8,15H,1-2,5H2,(H,11,18)(H,12,13)(H,16,17)/t7-,8+/m1/s1. The van der Waals surface area contributed by atoms with E-state index in [4.69, 9.17) is 5.11 Å². The number of aliphatic carboxylic acids is 1. The van der Waals surface area contributed by atoms with Gasteiger partial charge in [-0.3, -0.25) is 5.10 Å². The molecule has 1 aliphatic rings. The van der Waals surface area contributed by atoms with Crippen molar-refractivity contribution in [2.24, 2.45) is 0 Å². The minimum absolute atomic E-state index is 0.0359. The third-order valence-corrected chi connectivity index (χ3v) is 2.82. The number of hydrogen-bond acceptors (Lipinski definition) is 4. The molecule has 4 N–H and O–H groups in total. The van der Waals surface area contributed by atoms with Gasteiger partial charge >= 0.3 is 12.0 Å². The number of nitrogens with zero attached hydrogens (tertiary/aromatic N) is 2. The van der Waals surface area contributed by atoms with Crippen LogP contribution in [-0.4, -0.2) is 56.0 Å². The topological polar surface area (TPSA) is 119 Å². The molecule has 1 aromatic heterocycles. The van der Waals surface area contributed by atoms with Crippen molar-refractivity contribution in [2.75, 3.05) is 6.54 Å². The van der Waals surface area contributed by atoms with Crippen molar-refractivity contribution in [2.45, 2.75) is 25.1 Å². The van der Waals surface area contributed by atoms with E-state index in [1.54, 1.807) is 12.4 Å². The molecule has 8 nitrogen and oxygen atoms in total. The molecule has 0 spiro atoms. The van der Waals surface area contributed by atoms with E-state index in [0.29, 0.717) is 0 Å². The number of aliphatic hydroxyl groups excluding tert-OH is 1. The molecule has 1 aliphatic heterocycles. The van der Waals surface area contributed by atoms with Crippen LogP contribution < -0.4 is 5.32 Å². The van der Waals surface area contributed by atoms with Gasteiger partial charge in [-0.1, -0.05) is 0 Å². The summed E-state index contributed by atoms with van der Waals surface area (Å²) in [6, 6.07) is -1.47. The number of H-pyrrole nitrogens is 1. The van der Waals surface area contributed by atoms with Crippen LogP contribution in [-0.2, 0) is 11.3 Å². The Bertz CT molecular complexity index is 433. The minimum Gasteiger partial charge on any atom is -0.480 e. The van der Waals surface area contributed by atoms with Gasteiger partial charge in [0.1, 0.15) is 6.04 Å². The fourth-order valence-corrected chi connectivity index (χ4v) is 1.93. The second-order valence-electron chi connectivity index (χ2n) is 4.16. The number of aromatic nitrogens is 2. The Labute approximate surface area is 103 Å². The lowest BCUT2D eigenvalue weighted by Crippen LogP contribution is -2.45. The van der Waals surface area contributed by atoms with Crippen molar-refractivity contribution < 1.29 is 19.8 Å². The summed E-state index contributed by atoms with van der Waals surface area (Å²) in [5.41, 5.74) is 0.787. The fourth-order valence-electron chi connectivity index (χ4n) is 1.93. The Kier molecular flexibility index (Phi) is 3.47. The zero-order valence-corrected chi connectivity index (χ0v) is 9.54. The first-order valence-corrected chi connectivity index (χ1v) is 5.51. The van der Waals surface area contributed by atoms with Crippen LogP contribution >= 0.6 is 0 Å². The zero-order valence-electron chi connectivity index (χ0n) is 9.54. The van der Waals surface area contributed by atoms with E-state index in [1.165, 1.54) is 0 Å². The lowest BCUT2D eigenvalue weighted by molar-refractivity contribution is -0.141. The smallest absolute Gasteiger partial charge is 0.326 e. The molecule has 8 heteroatoms. The highest BCUT2D eigenvalue weighted by molar-refractivity contribution is 5.83. The molecule has 1 saturated heterocycles. The predicted molar refractivity (Wildman–Crippen MR) is 59.6 cm³/mol. The van der Waals surface area contributed by atoms with Crippen molar-refractivity contribution in [1.29, 1.82) is 0 Å². The van der Waals surface area contributed by atoms with Gasteiger partial charge in [0.2, 0.25) is 0 Å². The van der Waals surface area contributed by atoms with Crippen molar-refractivity contribution >= 4 is 12.0 Å². The molecule has 2 amide bonds. The van der Waals surface area contributed by atoms with E-state index >= 15 is 0 Å². The molecule has 0 aliphatic carbocycles. The number of carboxylic acid groups (broad SMARTS) is 1. The molecule has 1 fully saturated rings. The van der Waals surface area contributed by atoms with Crippen molar-refractivity contribution in [1.82, 2.24) is 20.4 Å². The molecule has 0 radical (unpaired) electrons. The number of urea groups is 1. The summed E-state index contributed by atoms with van der Waals surface area (Å²) in [7, 11) is 0. The van der Waals surface area contributed by atoms with Crippen LogP contribution in [0.25, 0.3) is 0 Å². The number of carbonyl (C=O) groups is 2. The number of nitrogens with one attached hydrogen (secondary N) is 2. The average molecular weight is 254 g/mol. The van der Waals surface area contributed by atoms with Crippen LogP contribution in [0.5, 0.6) is 0 Å². The van der Waals surface area contributed by atoms with Gasteiger partial charge in [0.25, 0.3) is 0 Å². The lowest BCUT2D eigenvalue weighted by atomic mass is 10.2. The Morgan fingerprint density at radius 2 is 2.39 bits per heavy atom. The maximum atomic E-state index is 11.8. The molecule has 2 atom stereocenters. The summed E-state index contributed by atoms with van der Waals surface area (Å²) >= 11 is 0. The molecule has 0 unspecified atom stereocenters. The normalized spacial score (nSPS) is 23.1. The van der Waals surface area contributed by atoms with Gasteiger partial charge < -0.3 is 20.4 Å². The highest BCUT2D eigenvalue weighted by Gasteiger charge is 2.38. The maximum Gasteiger partial charge on any atom is 0.326 e. The molecular formula is C10H14N4O4. The summed E-state index contributed by atoms with van der Waals surface area (Å²) in [6.45, 7) is 0.294. The largest absolute Gasteiger partial charge is 0.480 e. The second kappa shape index (κ2) is 5.05. The van der Waals surface area contributed by atoms with E-state index in [-0.39, 0.29) is 19.5 Å². The number of amides is 2. The Hall–Kier alpha value is -2.09. The third-order valence-electron chi connectivity index (χ3n) is 2.82. The number of hydrogen-bond donors (Lipinski definition) is 4. The number of aliphatic hydroxyl groups is 1. The van der Waals surface area contributed by atoms with E-state index in [9.17, 15) is 14.7 Å². The summed E-state index contributed by atoms with van der Waals surface area (Å²) in [6.07, 6.45) is 2.47. The molecule has 0 saturated carbocycles. The summed E-state index contributed by atoms with van der Waals surface area (Å²) in [5.74, 6) is -1.11. The highest BCUT2D eigenvalue weighted by atomic mass is 16.4. The number of carbonyl (C=O) groups excluding carboxylic acids is 1. The predicted octanol–water partition coefficient (Wildman–Crippen LogP) is -0.861. The van der Waals surface area contributed by atoms with Gasteiger partial charge in [0.05, 0.1) is 12.3 Å². The summed E-state index contributed by atoms with van der Waals surface area (Å²) < 4.78 is 0. The zero-order chi connectivity index (χ0) is 13.1. The number of aromatic amines is 1. The quantitative estimate of drug-likeness (QED) is 0.559. The molecule has 0 bridgehead atoms. The monoisotopic (exact) mass is 254 g/mol. The van der Waals surface area contributed by atoms with Gasteiger partial charge in [-0.25, -0.2) is 9.59 Å². The first-order valence-electron chi connectivity index (χ1n) is 5.51. The van der Waals surface area contributed by atoms with Gasteiger partial charge in [-0.2, -0.15) is 5.10 Å². The molecule has 0 aromatic carbocycles. The second-order valence-corrected chi connectivity index (χ2v) is 4.16. The van der Waals surface area contributed by atoms with Crippen molar-refractivity contribution in [3.63, 3.8) is 0 Å². The number of likely N-dealkylation sites (tertiary alicyclic amines) is 1. The molecule has 18 heavy (non-hydrogen) atoms. The summed E-state index contributed by atoms with van der Waals surface area (Å²) in [5, 5.41) is 27.3. The van der Waals surface area contributed by atoms with Crippen LogP contribution in [0.1, 0.15) is 12.0 Å². The van der Waals surface area contributed by atoms with E-state index in [0.717, 1.165) is 10.5 Å². The van der Waals surface area contributed by atoms with Gasteiger partial charge in [0, 0.05) is 31.3 Å².